The summed E-state index contributed by atoms with van der Waals surface area (Å²) in [6, 6.07) is 4.71. The molecular weight excluding hydrogens is 274 g/mol. The number of hydrogen-bond donors (Lipinski definition) is 2. The van der Waals surface area contributed by atoms with Gasteiger partial charge in [0.2, 0.25) is 0 Å². The van der Waals surface area contributed by atoms with E-state index in [0.29, 0.717) is 26.3 Å². The van der Waals surface area contributed by atoms with Crippen molar-refractivity contribution in [2.75, 3.05) is 32.0 Å². The summed E-state index contributed by atoms with van der Waals surface area (Å²) in [4.78, 5) is 25.3. The van der Waals surface area contributed by atoms with Crippen molar-refractivity contribution < 1.29 is 19.1 Å². The Bertz CT molecular complexity index is 541. The number of anilines is 1. The third-order valence-corrected chi connectivity index (χ3v) is 3.28. The summed E-state index contributed by atoms with van der Waals surface area (Å²) >= 11 is 0. The van der Waals surface area contributed by atoms with Gasteiger partial charge in [0.15, 0.2) is 11.9 Å². The molecule has 1 saturated heterocycles. The van der Waals surface area contributed by atoms with Crippen LogP contribution in [-0.2, 0) is 9.53 Å². The Kier molecular flexibility index (Phi) is 4.64. The highest BCUT2D eigenvalue weighted by Crippen LogP contribution is 2.27. The number of carbonyl (C=O) groups is 2. The maximum atomic E-state index is 12.3. The summed E-state index contributed by atoms with van der Waals surface area (Å²) in [5.74, 6) is -0.667. The van der Waals surface area contributed by atoms with Gasteiger partial charge in [0.25, 0.3) is 11.8 Å². The van der Waals surface area contributed by atoms with Crippen molar-refractivity contribution in [1.82, 2.24) is 4.90 Å². The lowest BCUT2D eigenvalue weighted by Crippen LogP contribution is -2.46. The molecule has 21 heavy (non-hydrogen) atoms. The molecule has 2 rings (SSSR count). The van der Waals surface area contributed by atoms with Gasteiger partial charge in [-0.05, 0) is 19.1 Å². The number of rotatable bonds is 4. The number of benzene rings is 1. The van der Waals surface area contributed by atoms with E-state index >= 15 is 0 Å². The highest BCUT2D eigenvalue weighted by atomic mass is 16.5. The zero-order valence-corrected chi connectivity index (χ0v) is 11.9. The van der Waals surface area contributed by atoms with Crippen molar-refractivity contribution in [1.29, 1.82) is 0 Å². The molecule has 7 heteroatoms. The van der Waals surface area contributed by atoms with Crippen LogP contribution in [0, 0.1) is 0 Å². The summed E-state index contributed by atoms with van der Waals surface area (Å²) in [6.07, 6.45) is -0.758. The Balaban J connectivity index is 2.13. The van der Waals surface area contributed by atoms with Gasteiger partial charge in [0, 0.05) is 13.1 Å². The van der Waals surface area contributed by atoms with E-state index in [-0.39, 0.29) is 22.9 Å². The first kappa shape index (κ1) is 15.1. The minimum atomic E-state index is -0.758. The largest absolute Gasteiger partial charge is 0.478 e. The van der Waals surface area contributed by atoms with Gasteiger partial charge >= 0.3 is 0 Å². The Labute approximate surface area is 122 Å². The smallest absolute Gasteiger partial charge is 0.263 e. The topological polar surface area (TPSA) is 108 Å². The summed E-state index contributed by atoms with van der Waals surface area (Å²) in [6.45, 7) is 3.70. The van der Waals surface area contributed by atoms with Crippen molar-refractivity contribution in [3.63, 3.8) is 0 Å². The normalized spacial score (nSPS) is 16.3. The first-order valence-electron chi connectivity index (χ1n) is 6.72. The van der Waals surface area contributed by atoms with E-state index in [1.165, 1.54) is 6.07 Å². The van der Waals surface area contributed by atoms with Crippen LogP contribution in [0.2, 0.25) is 0 Å². The Hall–Kier alpha value is -2.28. The predicted octanol–water partition coefficient (Wildman–Crippen LogP) is -0.00620. The number of hydrogen-bond acceptors (Lipinski definition) is 5. The van der Waals surface area contributed by atoms with E-state index in [1.54, 1.807) is 24.0 Å². The van der Waals surface area contributed by atoms with Crippen molar-refractivity contribution in [3.05, 3.63) is 23.8 Å². The first-order chi connectivity index (χ1) is 10.0. The number of amides is 2. The van der Waals surface area contributed by atoms with E-state index in [9.17, 15) is 9.59 Å². The van der Waals surface area contributed by atoms with Gasteiger partial charge < -0.3 is 25.8 Å². The molecule has 114 valence electrons. The molecule has 0 saturated carbocycles. The van der Waals surface area contributed by atoms with Gasteiger partial charge in [-0.2, -0.15) is 0 Å². The molecule has 0 spiro atoms. The van der Waals surface area contributed by atoms with Crippen LogP contribution in [0.25, 0.3) is 0 Å². The van der Waals surface area contributed by atoms with E-state index in [2.05, 4.69) is 0 Å². The van der Waals surface area contributed by atoms with Crippen LogP contribution in [0.4, 0.5) is 5.69 Å². The van der Waals surface area contributed by atoms with Crippen LogP contribution in [0.5, 0.6) is 5.75 Å². The summed E-state index contributed by atoms with van der Waals surface area (Å²) in [5.41, 5.74) is 11.5. The molecule has 0 radical (unpaired) electrons. The molecule has 0 aliphatic carbocycles. The molecule has 1 fully saturated rings. The van der Waals surface area contributed by atoms with Crippen LogP contribution in [0.15, 0.2) is 18.2 Å². The minimum Gasteiger partial charge on any atom is -0.478 e. The third-order valence-electron chi connectivity index (χ3n) is 3.28. The lowest BCUT2D eigenvalue weighted by molar-refractivity contribution is -0.142. The quantitative estimate of drug-likeness (QED) is 0.759. The second-order valence-electron chi connectivity index (χ2n) is 4.79. The van der Waals surface area contributed by atoms with E-state index in [1.807, 2.05) is 0 Å². The van der Waals surface area contributed by atoms with Crippen LogP contribution >= 0.6 is 0 Å². The Morgan fingerprint density at radius 1 is 1.33 bits per heavy atom. The molecule has 1 unspecified atom stereocenters. The van der Waals surface area contributed by atoms with Gasteiger partial charge in [-0.3, -0.25) is 9.59 Å². The molecule has 4 N–H and O–H groups in total. The molecule has 1 aromatic rings. The molecule has 1 aliphatic heterocycles. The van der Waals surface area contributed by atoms with Gasteiger partial charge in [-0.1, -0.05) is 6.07 Å². The number of nitrogens with two attached hydrogens (primary N) is 2. The average Bonchev–Trinajstić information content (AvgIpc) is 2.49. The second-order valence-corrected chi connectivity index (χ2v) is 4.79. The average molecular weight is 293 g/mol. The van der Waals surface area contributed by atoms with Crippen LogP contribution in [-0.4, -0.2) is 49.1 Å². The monoisotopic (exact) mass is 293 g/mol. The lowest BCUT2D eigenvalue weighted by atomic mass is 10.1. The first-order valence-corrected chi connectivity index (χ1v) is 6.72. The fourth-order valence-corrected chi connectivity index (χ4v) is 2.15. The third kappa shape index (κ3) is 3.43. The van der Waals surface area contributed by atoms with E-state index in [0.717, 1.165) is 0 Å². The number of primary amides is 1. The van der Waals surface area contributed by atoms with Gasteiger partial charge in [0.05, 0.1) is 24.5 Å². The lowest BCUT2D eigenvalue weighted by Gasteiger charge is -2.29. The highest BCUT2D eigenvalue weighted by molar-refractivity contribution is 5.97. The van der Waals surface area contributed by atoms with E-state index < -0.39 is 12.0 Å². The zero-order valence-electron chi connectivity index (χ0n) is 11.9. The summed E-state index contributed by atoms with van der Waals surface area (Å²) in [7, 11) is 0. The molecule has 2 amide bonds. The number of nitrogen functional groups attached to an aromatic ring is 1. The molecule has 1 heterocycles. The SMILES string of the molecule is CC(Oc1c(N)cccc1C(N)=O)C(=O)N1CCOCC1. The van der Waals surface area contributed by atoms with Gasteiger partial charge in [0.1, 0.15) is 0 Å². The number of para-hydroxylation sites is 1. The maximum Gasteiger partial charge on any atom is 0.263 e. The molecule has 1 atom stereocenters. The van der Waals surface area contributed by atoms with Crippen LogP contribution in [0.3, 0.4) is 0 Å². The number of carbonyl (C=O) groups excluding carboxylic acids is 2. The number of nitrogens with zero attached hydrogens (tertiary/aromatic N) is 1. The Morgan fingerprint density at radius 3 is 2.62 bits per heavy atom. The van der Waals surface area contributed by atoms with Crippen molar-refractivity contribution in [3.8, 4) is 5.75 Å². The zero-order chi connectivity index (χ0) is 15.4. The van der Waals surface area contributed by atoms with Crippen LogP contribution < -0.4 is 16.2 Å². The molecular formula is C14H19N3O4. The highest BCUT2D eigenvalue weighted by Gasteiger charge is 2.25. The standard InChI is InChI=1S/C14H19N3O4/c1-9(14(19)17-5-7-20-8-6-17)21-12-10(13(16)18)3-2-4-11(12)15/h2-4,9H,5-8,15H2,1H3,(H2,16,18). The van der Waals surface area contributed by atoms with Crippen molar-refractivity contribution >= 4 is 17.5 Å². The molecule has 0 bridgehead atoms. The molecule has 1 aliphatic rings. The number of morpholine rings is 1. The fraction of sp³-hybridized carbons (Fsp3) is 0.429. The molecule has 7 nitrogen and oxygen atoms in total. The fourth-order valence-electron chi connectivity index (χ4n) is 2.15. The molecule has 0 aromatic heterocycles. The van der Waals surface area contributed by atoms with E-state index in [4.69, 9.17) is 20.9 Å². The summed E-state index contributed by atoms with van der Waals surface area (Å²) < 4.78 is 10.8. The van der Waals surface area contributed by atoms with Gasteiger partial charge in [-0.15, -0.1) is 0 Å². The number of ether oxygens (including phenoxy) is 2. The van der Waals surface area contributed by atoms with Gasteiger partial charge in [-0.25, -0.2) is 0 Å². The minimum absolute atomic E-state index is 0.152. The Morgan fingerprint density at radius 2 is 2.00 bits per heavy atom. The maximum absolute atomic E-state index is 12.3. The van der Waals surface area contributed by atoms with Crippen LogP contribution in [0.1, 0.15) is 17.3 Å². The molecule has 1 aromatic carbocycles. The predicted molar refractivity (Wildman–Crippen MR) is 76.9 cm³/mol. The van der Waals surface area contributed by atoms with Crippen molar-refractivity contribution in [2.45, 2.75) is 13.0 Å². The van der Waals surface area contributed by atoms with Crippen molar-refractivity contribution in [2.24, 2.45) is 5.73 Å². The second kappa shape index (κ2) is 6.45. The summed E-state index contributed by atoms with van der Waals surface area (Å²) in [5, 5.41) is 0.